The van der Waals surface area contributed by atoms with E-state index in [1.54, 1.807) is 6.92 Å². The number of hydrogen-bond acceptors (Lipinski definition) is 6. The van der Waals surface area contributed by atoms with Crippen LogP contribution >= 0.6 is 0 Å². The number of sulfonamides is 1. The molecule has 2 aromatic carbocycles. The van der Waals surface area contributed by atoms with E-state index in [9.17, 15) is 13.2 Å². The van der Waals surface area contributed by atoms with Crippen LogP contribution in [0.1, 0.15) is 28.9 Å². The maximum atomic E-state index is 12.9. The fraction of sp³-hybridized carbons (Fsp3) is 0.350. The van der Waals surface area contributed by atoms with Crippen molar-refractivity contribution in [3.63, 3.8) is 0 Å². The van der Waals surface area contributed by atoms with E-state index < -0.39 is 22.1 Å². The van der Waals surface area contributed by atoms with E-state index in [4.69, 9.17) is 14.2 Å². The Hall–Kier alpha value is -2.42. The molecular formula is C20H23NO6S. The van der Waals surface area contributed by atoms with E-state index in [2.05, 4.69) is 0 Å². The predicted molar refractivity (Wildman–Crippen MR) is 103 cm³/mol. The maximum absolute atomic E-state index is 12.9. The van der Waals surface area contributed by atoms with Gasteiger partial charge in [0.2, 0.25) is 10.0 Å². The van der Waals surface area contributed by atoms with E-state index in [0.29, 0.717) is 13.2 Å². The number of carbonyl (C=O) groups excluding carboxylic acids is 1. The first-order valence-electron chi connectivity index (χ1n) is 8.95. The Bertz CT molecular complexity index is 923. The van der Waals surface area contributed by atoms with Gasteiger partial charge in [0, 0.05) is 13.1 Å². The number of nitrogens with zero attached hydrogens (tertiary/aromatic N) is 1. The van der Waals surface area contributed by atoms with Crippen LogP contribution in [0, 0.1) is 0 Å². The highest BCUT2D eigenvalue weighted by atomic mass is 32.2. The Balaban J connectivity index is 1.87. The zero-order valence-electron chi connectivity index (χ0n) is 15.8. The first-order valence-corrected chi connectivity index (χ1v) is 10.4. The number of hydrogen-bond donors (Lipinski definition) is 0. The van der Waals surface area contributed by atoms with Gasteiger partial charge in [-0.1, -0.05) is 30.3 Å². The van der Waals surface area contributed by atoms with Crippen molar-refractivity contribution in [2.45, 2.75) is 17.9 Å². The molecule has 1 saturated heterocycles. The molecule has 0 bridgehead atoms. The van der Waals surface area contributed by atoms with Crippen LogP contribution in [0.2, 0.25) is 0 Å². The Kier molecular flexibility index (Phi) is 6.33. The topological polar surface area (TPSA) is 82.1 Å². The summed E-state index contributed by atoms with van der Waals surface area (Å²) in [7, 11) is -2.31. The minimum Gasteiger partial charge on any atom is -0.496 e. The molecule has 1 fully saturated rings. The van der Waals surface area contributed by atoms with Crippen molar-refractivity contribution in [2.75, 3.05) is 33.4 Å². The van der Waals surface area contributed by atoms with Gasteiger partial charge in [-0.25, -0.2) is 13.2 Å². The normalized spacial score (nSPS) is 16.4. The molecule has 1 atom stereocenters. The van der Waals surface area contributed by atoms with Crippen molar-refractivity contribution in [3.05, 3.63) is 59.7 Å². The highest BCUT2D eigenvalue weighted by Crippen LogP contribution is 2.27. The standard InChI is InChI=1S/C20H23NO6S/c1-15(16-6-4-3-5-7-16)27-20(22)18-14-17(8-9-19(18)25-2)28(23,24)21-10-12-26-13-11-21/h3-9,14-15H,10-13H2,1-2H3/t15-/m0/s1. The number of methoxy groups -OCH3 is 1. The van der Waals surface area contributed by atoms with Gasteiger partial charge in [0.15, 0.2) is 0 Å². The molecule has 150 valence electrons. The molecule has 2 aromatic rings. The lowest BCUT2D eigenvalue weighted by Gasteiger charge is -2.26. The molecule has 0 aromatic heterocycles. The predicted octanol–water partition coefficient (Wildman–Crippen LogP) is 2.63. The number of ether oxygens (including phenoxy) is 3. The van der Waals surface area contributed by atoms with Crippen LogP contribution in [0.15, 0.2) is 53.4 Å². The quantitative estimate of drug-likeness (QED) is 0.687. The van der Waals surface area contributed by atoms with E-state index in [-0.39, 0.29) is 29.3 Å². The van der Waals surface area contributed by atoms with Crippen molar-refractivity contribution in [1.82, 2.24) is 4.31 Å². The van der Waals surface area contributed by atoms with Gasteiger partial charge in [0.25, 0.3) is 0 Å². The van der Waals surface area contributed by atoms with Crippen LogP contribution in [0.5, 0.6) is 5.75 Å². The van der Waals surface area contributed by atoms with Crippen LogP contribution in [0.25, 0.3) is 0 Å². The Morgan fingerprint density at radius 3 is 2.43 bits per heavy atom. The Labute approximate surface area is 164 Å². The summed E-state index contributed by atoms with van der Waals surface area (Å²) in [5, 5.41) is 0. The second-order valence-corrected chi connectivity index (χ2v) is 8.27. The molecule has 0 amide bonds. The highest BCUT2D eigenvalue weighted by Gasteiger charge is 2.28. The summed E-state index contributed by atoms with van der Waals surface area (Å²) in [6.07, 6.45) is -0.488. The lowest BCUT2D eigenvalue weighted by molar-refractivity contribution is 0.0334. The van der Waals surface area contributed by atoms with Crippen molar-refractivity contribution >= 4 is 16.0 Å². The fourth-order valence-electron chi connectivity index (χ4n) is 2.96. The van der Waals surface area contributed by atoms with Crippen LogP contribution in [0.4, 0.5) is 0 Å². The number of carbonyl (C=O) groups is 1. The minimum absolute atomic E-state index is 0.0227. The van der Waals surface area contributed by atoms with E-state index in [1.165, 1.54) is 29.6 Å². The SMILES string of the molecule is COc1ccc(S(=O)(=O)N2CCOCC2)cc1C(=O)O[C@@H](C)c1ccccc1. The Morgan fingerprint density at radius 2 is 1.79 bits per heavy atom. The molecule has 0 unspecified atom stereocenters. The van der Waals surface area contributed by atoms with E-state index in [1.807, 2.05) is 30.3 Å². The van der Waals surface area contributed by atoms with Gasteiger partial charge < -0.3 is 14.2 Å². The van der Waals surface area contributed by atoms with Gasteiger partial charge in [-0.05, 0) is 30.7 Å². The van der Waals surface area contributed by atoms with Crippen molar-refractivity contribution in [1.29, 1.82) is 0 Å². The zero-order chi connectivity index (χ0) is 20.1. The smallest absolute Gasteiger partial charge is 0.342 e. The van der Waals surface area contributed by atoms with Crippen molar-refractivity contribution in [3.8, 4) is 5.75 Å². The number of benzene rings is 2. The third-order valence-electron chi connectivity index (χ3n) is 4.55. The van der Waals surface area contributed by atoms with Crippen LogP contribution in [-0.4, -0.2) is 52.1 Å². The molecule has 0 saturated carbocycles. The highest BCUT2D eigenvalue weighted by molar-refractivity contribution is 7.89. The lowest BCUT2D eigenvalue weighted by atomic mass is 10.1. The number of esters is 1. The molecule has 1 heterocycles. The summed E-state index contributed by atoms with van der Waals surface area (Å²) < 4.78 is 43.1. The third-order valence-corrected chi connectivity index (χ3v) is 6.45. The summed E-state index contributed by atoms with van der Waals surface area (Å²) >= 11 is 0. The molecule has 7 nitrogen and oxygen atoms in total. The molecule has 0 radical (unpaired) electrons. The van der Waals surface area contributed by atoms with Gasteiger partial charge in [-0.2, -0.15) is 4.31 Å². The first kappa shape index (κ1) is 20.3. The molecule has 1 aliphatic heterocycles. The van der Waals surface area contributed by atoms with Crippen LogP contribution < -0.4 is 4.74 Å². The second-order valence-electron chi connectivity index (χ2n) is 6.34. The summed E-state index contributed by atoms with van der Waals surface area (Å²) in [4.78, 5) is 12.8. The fourth-order valence-corrected chi connectivity index (χ4v) is 4.39. The van der Waals surface area contributed by atoms with Crippen molar-refractivity contribution < 1.29 is 27.4 Å². The molecule has 28 heavy (non-hydrogen) atoms. The Morgan fingerprint density at radius 1 is 1.11 bits per heavy atom. The summed E-state index contributed by atoms with van der Waals surface area (Å²) in [5.41, 5.74) is 0.909. The molecule has 8 heteroatoms. The zero-order valence-corrected chi connectivity index (χ0v) is 16.6. The maximum Gasteiger partial charge on any atom is 0.342 e. The number of rotatable bonds is 6. The van der Waals surface area contributed by atoms with Crippen LogP contribution in [-0.2, 0) is 19.5 Å². The molecule has 0 aliphatic carbocycles. The lowest BCUT2D eigenvalue weighted by Crippen LogP contribution is -2.40. The largest absolute Gasteiger partial charge is 0.496 e. The molecular weight excluding hydrogens is 382 g/mol. The average molecular weight is 405 g/mol. The molecule has 0 N–H and O–H groups in total. The van der Waals surface area contributed by atoms with E-state index >= 15 is 0 Å². The van der Waals surface area contributed by atoms with E-state index in [0.717, 1.165) is 5.56 Å². The number of morpholine rings is 1. The van der Waals surface area contributed by atoms with Gasteiger partial charge in [0.05, 0.1) is 25.2 Å². The van der Waals surface area contributed by atoms with Gasteiger partial charge >= 0.3 is 5.97 Å². The first-order chi connectivity index (χ1) is 13.4. The molecule has 1 aliphatic rings. The summed E-state index contributed by atoms with van der Waals surface area (Å²) in [6.45, 7) is 3.00. The monoisotopic (exact) mass is 405 g/mol. The van der Waals surface area contributed by atoms with Gasteiger partial charge in [-0.3, -0.25) is 0 Å². The molecule has 3 rings (SSSR count). The summed E-state index contributed by atoms with van der Waals surface area (Å²) in [5.74, 6) is -0.390. The third kappa shape index (κ3) is 4.35. The van der Waals surface area contributed by atoms with Gasteiger partial charge in [0.1, 0.15) is 17.4 Å². The van der Waals surface area contributed by atoms with Crippen LogP contribution in [0.3, 0.4) is 0 Å². The average Bonchev–Trinajstić information content (AvgIpc) is 2.74. The summed E-state index contributed by atoms with van der Waals surface area (Å²) in [6, 6.07) is 13.5. The van der Waals surface area contributed by atoms with Gasteiger partial charge in [-0.15, -0.1) is 0 Å². The van der Waals surface area contributed by atoms with Crippen molar-refractivity contribution in [2.24, 2.45) is 0 Å². The molecule has 0 spiro atoms. The minimum atomic E-state index is -3.73. The second kappa shape index (κ2) is 8.72.